The number of aryl methyl sites for hydroxylation is 1. The molecule has 5 heteroatoms. The van der Waals surface area contributed by atoms with E-state index in [4.69, 9.17) is 0 Å². The van der Waals surface area contributed by atoms with Gasteiger partial charge in [-0.15, -0.1) is 0 Å². The Morgan fingerprint density at radius 2 is 2.00 bits per heavy atom. The number of hydrogen-bond acceptors (Lipinski definition) is 3. The zero-order chi connectivity index (χ0) is 18.8. The van der Waals surface area contributed by atoms with Gasteiger partial charge in [-0.05, 0) is 49.4 Å². The van der Waals surface area contributed by atoms with Gasteiger partial charge in [0.2, 0.25) is 0 Å². The van der Waals surface area contributed by atoms with Gasteiger partial charge in [0.1, 0.15) is 6.17 Å². The first-order valence-electron chi connectivity index (χ1n) is 9.65. The molecule has 0 saturated carbocycles. The summed E-state index contributed by atoms with van der Waals surface area (Å²) in [5.74, 6) is 0.000909. The molecular formula is C22H25N3O2. The number of amides is 2. The Morgan fingerprint density at radius 1 is 1.19 bits per heavy atom. The maximum Gasteiger partial charge on any atom is 0.257 e. The summed E-state index contributed by atoms with van der Waals surface area (Å²) in [5, 5.41) is 3.00. The lowest BCUT2D eigenvalue weighted by atomic mass is 10.0. The maximum atomic E-state index is 12.7. The molecule has 0 aliphatic carbocycles. The summed E-state index contributed by atoms with van der Waals surface area (Å²) in [6.45, 7) is 1.45. The first kappa shape index (κ1) is 17.6. The lowest BCUT2D eigenvalue weighted by Gasteiger charge is -2.40. The van der Waals surface area contributed by atoms with Crippen LogP contribution in [0, 0.1) is 0 Å². The van der Waals surface area contributed by atoms with Gasteiger partial charge in [0.25, 0.3) is 11.8 Å². The normalized spacial score (nSPS) is 18.3. The molecule has 1 atom stereocenters. The Morgan fingerprint density at radius 3 is 2.81 bits per heavy atom. The lowest BCUT2D eigenvalue weighted by molar-refractivity contribution is 0.0719. The smallest absolute Gasteiger partial charge is 0.257 e. The zero-order valence-corrected chi connectivity index (χ0v) is 15.6. The van der Waals surface area contributed by atoms with Gasteiger partial charge in [-0.1, -0.05) is 30.3 Å². The largest absolute Gasteiger partial charge is 0.354 e. The van der Waals surface area contributed by atoms with Crippen LogP contribution >= 0.6 is 0 Å². The van der Waals surface area contributed by atoms with E-state index in [0.29, 0.717) is 17.7 Å². The third-order valence-corrected chi connectivity index (χ3v) is 5.57. The van der Waals surface area contributed by atoms with E-state index < -0.39 is 0 Å². The molecule has 4 rings (SSSR count). The van der Waals surface area contributed by atoms with Crippen molar-refractivity contribution < 1.29 is 9.59 Å². The van der Waals surface area contributed by atoms with Crippen LogP contribution in [0.25, 0.3) is 0 Å². The first-order valence-corrected chi connectivity index (χ1v) is 9.65. The summed E-state index contributed by atoms with van der Waals surface area (Å²) in [6, 6.07) is 15.7. The Balaban J connectivity index is 1.40. The molecule has 0 radical (unpaired) electrons. The van der Waals surface area contributed by atoms with E-state index in [0.717, 1.165) is 37.9 Å². The van der Waals surface area contributed by atoms with Crippen molar-refractivity contribution in [2.45, 2.75) is 31.8 Å². The van der Waals surface area contributed by atoms with Gasteiger partial charge in [-0.2, -0.15) is 0 Å². The molecule has 0 aromatic heterocycles. The number of nitrogens with one attached hydrogen (secondary N) is 1. The molecule has 2 amide bonds. The van der Waals surface area contributed by atoms with E-state index in [1.165, 1.54) is 5.56 Å². The standard InChI is InChI=1S/C22H25N3O2/c1-24-19-15-17(11-12-18(19)22(27)25-14-6-10-20(24)25)21(26)23-13-5-9-16-7-3-2-4-8-16/h2-4,7-8,11-12,15,20H,5-6,9-10,13-14H2,1H3,(H,23,26)/t20-/m0/s1. The van der Waals surface area contributed by atoms with Crippen LogP contribution in [-0.4, -0.2) is 43.0 Å². The fourth-order valence-corrected chi connectivity index (χ4v) is 4.09. The number of anilines is 1. The SMILES string of the molecule is CN1c2cc(C(=O)NCCCc3ccccc3)ccc2C(=O)N2CCC[C@H]21. The van der Waals surface area contributed by atoms with Gasteiger partial charge >= 0.3 is 0 Å². The van der Waals surface area contributed by atoms with Gasteiger partial charge in [0, 0.05) is 25.7 Å². The van der Waals surface area contributed by atoms with Crippen molar-refractivity contribution in [1.29, 1.82) is 0 Å². The fourth-order valence-electron chi connectivity index (χ4n) is 4.09. The summed E-state index contributed by atoms with van der Waals surface area (Å²) >= 11 is 0. The van der Waals surface area contributed by atoms with Crippen molar-refractivity contribution >= 4 is 17.5 Å². The second kappa shape index (κ2) is 7.43. The van der Waals surface area contributed by atoms with Crippen molar-refractivity contribution in [1.82, 2.24) is 10.2 Å². The molecule has 1 saturated heterocycles. The van der Waals surface area contributed by atoms with Crippen molar-refractivity contribution in [2.24, 2.45) is 0 Å². The van der Waals surface area contributed by atoms with Crippen LogP contribution in [0.3, 0.4) is 0 Å². The molecule has 2 heterocycles. The Kier molecular flexibility index (Phi) is 4.84. The highest BCUT2D eigenvalue weighted by molar-refractivity contribution is 6.04. The van der Waals surface area contributed by atoms with Gasteiger partial charge in [0.05, 0.1) is 11.3 Å². The molecule has 2 aromatic carbocycles. The predicted octanol–water partition coefficient (Wildman–Crippen LogP) is 3.06. The quantitative estimate of drug-likeness (QED) is 0.831. The predicted molar refractivity (Wildman–Crippen MR) is 106 cm³/mol. The average molecular weight is 363 g/mol. The highest BCUT2D eigenvalue weighted by atomic mass is 16.2. The number of nitrogens with zero attached hydrogens (tertiary/aromatic N) is 2. The van der Waals surface area contributed by atoms with E-state index in [1.54, 1.807) is 12.1 Å². The average Bonchev–Trinajstić information content (AvgIpc) is 3.20. The molecule has 2 aliphatic heterocycles. The van der Waals surface area contributed by atoms with E-state index >= 15 is 0 Å². The molecule has 27 heavy (non-hydrogen) atoms. The molecule has 0 spiro atoms. The molecule has 2 aliphatic rings. The molecule has 0 bridgehead atoms. The van der Waals surface area contributed by atoms with Gasteiger partial charge in [-0.25, -0.2) is 0 Å². The van der Waals surface area contributed by atoms with Crippen LogP contribution in [0.4, 0.5) is 5.69 Å². The number of rotatable bonds is 5. The molecule has 0 unspecified atom stereocenters. The third kappa shape index (κ3) is 3.42. The number of hydrogen-bond donors (Lipinski definition) is 1. The summed E-state index contributed by atoms with van der Waals surface area (Å²) in [4.78, 5) is 29.3. The van der Waals surface area contributed by atoms with Crippen LogP contribution in [0.2, 0.25) is 0 Å². The minimum Gasteiger partial charge on any atom is -0.354 e. The molecule has 5 nitrogen and oxygen atoms in total. The van der Waals surface area contributed by atoms with Crippen molar-refractivity contribution in [3.05, 3.63) is 65.2 Å². The maximum absolute atomic E-state index is 12.7. The van der Waals surface area contributed by atoms with E-state index in [2.05, 4.69) is 22.3 Å². The summed E-state index contributed by atoms with van der Waals surface area (Å²) in [7, 11) is 2.01. The van der Waals surface area contributed by atoms with Crippen molar-refractivity contribution in [3.63, 3.8) is 0 Å². The molecule has 1 N–H and O–H groups in total. The summed E-state index contributed by atoms with van der Waals surface area (Å²) in [6.07, 6.45) is 3.98. The first-order chi connectivity index (χ1) is 13.1. The van der Waals surface area contributed by atoms with Gasteiger partial charge in [0.15, 0.2) is 0 Å². The third-order valence-electron chi connectivity index (χ3n) is 5.57. The van der Waals surface area contributed by atoms with E-state index in [-0.39, 0.29) is 18.0 Å². The molecular weight excluding hydrogens is 338 g/mol. The molecule has 140 valence electrons. The number of benzene rings is 2. The molecule has 1 fully saturated rings. The Bertz CT molecular complexity index is 850. The van der Waals surface area contributed by atoms with Crippen LogP contribution in [0.5, 0.6) is 0 Å². The monoisotopic (exact) mass is 363 g/mol. The lowest BCUT2D eigenvalue weighted by Crippen LogP contribution is -2.50. The minimum atomic E-state index is -0.0828. The summed E-state index contributed by atoms with van der Waals surface area (Å²) < 4.78 is 0. The topological polar surface area (TPSA) is 52.7 Å². The van der Waals surface area contributed by atoms with Crippen LogP contribution in [0.1, 0.15) is 45.5 Å². The Labute approximate surface area is 160 Å². The molecule has 2 aromatic rings. The second-order valence-electron chi connectivity index (χ2n) is 7.31. The van der Waals surface area contributed by atoms with Gasteiger partial charge < -0.3 is 15.1 Å². The number of fused-ring (bicyclic) bond motifs is 2. The van der Waals surface area contributed by atoms with E-state index in [9.17, 15) is 9.59 Å². The number of carbonyl (C=O) groups is 2. The van der Waals surface area contributed by atoms with Crippen LogP contribution in [-0.2, 0) is 6.42 Å². The minimum absolute atomic E-state index is 0.0828. The highest BCUT2D eigenvalue weighted by Gasteiger charge is 2.38. The van der Waals surface area contributed by atoms with Crippen molar-refractivity contribution in [3.8, 4) is 0 Å². The number of carbonyl (C=O) groups excluding carboxylic acids is 2. The summed E-state index contributed by atoms with van der Waals surface area (Å²) in [5.41, 5.74) is 3.44. The van der Waals surface area contributed by atoms with Crippen molar-refractivity contribution in [2.75, 3.05) is 25.0 Å². The van der Waals surface area contributed by atoms with Gasteiger partial charge in [-0.3, -0.25) is 9.59 Å². The van der Waals surface area contributed by atoms with Crippen LogP contribution < -0.4 is 10.2 Å². The highest BCUT2D eigenvalue weighted by Crippen LogP contribution is 2.35. The van der Waals surface area contributed by atoms with E-state index in [1.807, 2.05) is 36.2 Å². The Hall–Kier alpha value is -2.82. The van der Waals surface area contributed by atoms with Crippen LogP contribution in [0.15, 0.2) is 48.5 Å². The fraction of sp³-hybridized carbons (Fsp3) is 0.364. The second-order valence-corrected chi connectivity index (χ2v) is 7.31. The zero-order valence-electron chi connectivity index (χ0n) is 15.6.